The Bertz CT molecular complexity index is 900. The Morgan fingerprint density at radius 1 is 1.30 bits per heavy atom. The molecule has 0 saturated heterocycles. The van der Waals surface area contributed by atoms with Gasteiger partial charge >= 0.3 is 12.0 Å². The van der Waals surface area contributed by atoms with Gasteiger partial charge in [0.25, 0.3) is 11.5 Å². The molecule has 0 aliphatic heterocycles. The monoisotopic (exact) mass is 392 g/mol. The van der Waals surface area contributed by atoms with Crippen LogP contribution in [-0.4, -0.2) is 40.1 Å². The van der Waals surface area contributed by atoms with E-state index < -0.39 is 24.5 Å². The summed E-state index contributed by atoms with van der Waals surface area (Å²) in [6.45, 7) is -0.451. The van der Waals surface area contributed by atoms with E-state index in [4.69, 9.17) is 4.74 Å². The standard InChI is InChI=1S/C17H20N4O5S/c22-13(20-17(25)19-11-3-1-2-4-11)9-26-14(23)5-7-21-10-18-15-12(16(21)24)6-8-27-15/h6,8,10-11H,1-5,7,9H2,(H2,19,20,22,25). The van der Waals surface area contributed by atoms with Crippen molar-refractivity contribution in [1.82, 2.24) is 20.2 Å². The molecule has 0 atom stereocenters. The number of nitrogens with zero attached hydrogens (tertiary/aromatic N) is 2. The first-order valence-corrected chi connectivity index (χ1v) is 9.59. The zero-order valence-corrected chi connectivity index (χ0v) is 15.4. The van der Waals surface area contributed by atoms with E-state index in [1.807, 2.05) is 0 Å². The minimum atomic E-state index is -0.697. The highest BCUT2D eigenvalue weighted by Crippen LogP contribution is 2.17. The molecule has 0 aromatic carbocycles. The van der Waals surface area contributed by atoms with Crippen molar-refractivity contribution in [2.75, 3.05) is 6.61 Å². The number of fused-ring (bicyclic) bond motifs is 1. The van der Waals surface area contributed by atoms with E-state index in [1.54, 1.807) is 11.4 Å². The summed E-state index contributed by atoms with van der Waals surface area (Å²) in [4.78, 5) is 52.1. The molecule has 2 N–H and O–H groups in total. The molecule has 0 bridgehead atoms. The lowest BCUT2D eigenvalue weighted by atomic mass is 10.2. The van der Waals surface area contributed by atoms with Crippen molar-refractivity contribution in [3.8, 4) is 0 Å². The average Bonchev–Trinajstić information content (AvgIpc) is 3.31. The van der Waals surface area contributed by atoms with Gasteiger partial charge in [0.2, 0.25) is 0 Å². The quantitative estimate of drug-likeness (QED) is 0.712. The number of hydrogen-bond donors (Lipinski definition) is 2. The fraction of sp³-hybridized carbons (Fsp3) is 0.471. The number of aryl methyl sites for hydroxylation is 1. The van der Waals surface area contributed by atoms with Crippen LogP contribution in [0.15, 0.2) is 22.6 Å². The molecule has 10 heteroatoms. The maximum absolute atomic E-state index is 12.2. The number of aromatic nitrogens is 2. The van der Waals surface area contributed by atoms with Crippen LogP contribution in [0.1, 0.15) is 32.1 Å². The van der Waals surface area contributed by atoms with Crippen molar-refractivity contribution in [2.45, 2.75) is 44.7 Å². The van der Waals surface area contributed by atoms with Crippen LogP contribution in [0.3, 0.4) is 0 Å². The molecular formula is C17H20N4O5S. The van der Waals surface area contributed by atoms with E-state index in [9.17, 15) is 19.2 Å². The van der Waals surface area contributed by atoms with Crippen LogP contribution in [0.4, 0.5) is 4.79 Å². The van der Waals surface area contributed by atoms with Crippen molar-refractivity contribution >= 4 is 39.5 Å². The normalized spacial score (nSPS) is 14.2. The second-order valence-electron chi connectivity index (χ2n) is 6.30. The largest absolute Gasteiger partial charge is 0.456 e. The highest BCUT2D eigenvalue weighted by molar-refractivity contribution is 7.16. The molecule has 9 nitrogen and oxygen atoms in total. The van der Waals surface area contributed by atoms with Gasteiger partial charge in [-0.2, -0.15) is 0 Å². The Hall–Kier alpha value is -2.75. The fourth-order valence-electron chi connectivity index (χ4n) is 2.94. The van der Waals surface area contributed by atoms with Gasteiger partial charge in [0.05, 0.1) is 18.1 Å². The van der Waals surface area contributed by atoms with Crippen molar-refractivity contribution in [3.05, 3.63) is 28.1 Å². The van der Waals surface area contributed by atoms with Crippen LogP contribution < -0.4 is 16.2 Å². The molecular weight excluding hydrogens is 372 g/mol. The maximum Gasteiger partial charge on any atom is 0.321 e. The van der Waals surface area contributed by atoms with E-state index in [0.717, 1.165) is 25.7 Å². The number of esters is 1. The summed E-state index contributed by atoms with van der Waals surface area (Å²) in [6, 6.07) is 1.20. The SMILES string of the molecule is O=C(COC(=O)CCn1cnc2sccc2c1=O)NC(=O)NC1CCCC1. The lowest BCUT2D eigenvalue weighted by molar-refractivity contribution is -0.148. The Morgan fingerprint density at radius 2 is 2.07 bits per heavy atom. The number of carbonyl (C=O) groups excluding carboxylic acids is 3. The topological polar surface area (TPSA) is 119 Å². The molecule has 3 amide bonds. The van der Waals surface area contributed by atoms with Crippen LogP contribution in [0.5, 0.6) is 0 Å². The Kier molecular flexibility index (Phi) is 6.17. The van der Waals surface area contributed by atoms with Crippen molar-refractivity contribution in [3.63, 3.8) is 0 Å². The number of amides is 3. The van der Waals surface area contributed by atoms with Crippen molar-refractivity contribution in [2.24, 2.45) is 0 Å². The third-order valence-corrected chi connectivity index (χ3v) is 5.14. The van der Waals surface area contributed by atoms with E-state index >= 15 is 0 Å². The van der Waals surface area contributed by atoms with Crippen LogP contribution in [0.2, 0.25) is 0 Å². The summed E-state index contributed by atoms with van der Waals surface area (Å²) in [5.41, 5.74) is -0.227. The summed E-state index contributed by atoms with van der Waals surface area (Å²) in [5, 5.41) is 7.12. The first-order valence-electron chi connectivity index (χ1n) is 8.71. The highest BCUT2D eigenvalue weighted by atomic mass is 32.1. The van der Waals surface area contributed by atoms with E-state index in [1.165, 1.54) is 22.2 Å². The highest BCUT2D eigenvalue weighted by Gasteiger charge is 2.18. The summed E-state index contributed by atoms with van der Waals surface area (Å²) >= 11 is 1.37. The molecule has 2 aromatic rings. The summed E-state index contributed by atoms with van der Waals surface area (Å²) < 4.78 is 6.17. The lowest BCUT2D eigenvalue weighted by Crippen LogP contribution is -2.45. The number of ether oxygens (including phenoxy) is 1. The van der Waals surface area contributed by atoms with Crippen LogP contribution in [-0.2, 0) is 20.9 Å². The molecule has 1 aliphatic carbocycles. The predicted octanol–water partition coefficient (Wildman–Crippen LogP) is 1.16. The van der Waals surface area contributed by atoms with Gasteiger partial charge in [-0.25, -0.2) is 9.78 Å². The van der Waals surface area contributed by atoms with Gasteiger partial charge < -0.3 is 10.1 Å². The number of carbonyl (C=O) groups is 3. The number of hydrogen-bond acceptors (Lipinski definition) is 7. The third kappa shape index (κ3) is 5.13. The van der Waals surface area contributed by atoms with E-state index in [2.05, 4.69) is 15.6 Å². The number of rotatable bonds is 6. The Balaban J connectivity index is 1.39. The van der Waals surface area contributed by atoms with Crippen LogP contribution in [0.25, 0.3) is 10.2 Å². The van der Waals surface area contributed by atoms with Gasteiger partial charge in [-0.1, -0.05) is 12.8 Å². The van der Waals surface area contributed by atoms with Gasteiger partial charge in [0, 0.05) is 12.6 Å². The molecule has 3 rings (SSSR count). The summed E-state index contributed by atoms with van der Waals surface area (Å²) in [7, 11) is 0. The zero-order chi connectivity index (χ0) is 19.2. The lowest BCUT2D eigenvalue weighted by Gasteiger charge is -2.12. The molecule has 27 heavy (non-hydrogen) atoms. The Morgan fingerprint density at radius 3 is 2.85 bits per heavy atom. The maximum atomic E-state index is 12.2. The summed E-state index contributed by atoms with van der Waals surface area (Å²) in [5.74, 6) is -1.34. The minimum Gasteiger partial charge on any atom is -0.456 e. The van der Waals surface area contributed by atoms with E-state index in [0.29, 0.717) is 10.2 Å². The molecule has 1 aliphatic rings. The smallest absolute Gasteiger partial charge is 0.321 e. The first kappa shape index (κ1) is 19.0. The molecule has 1 fully saturated rings. The van der Waals surface area contributed by atoms with Gasteiger partial charge in [-0.15, -0.1) is 11.3 Å². The second-order valence-corrected chi connectivity index (χ2v) is 7.19. The predicted molar refractivity (Wildman–Crippen MR) is 98.4 cm³/mol. The average molecular weight is 392 g/mol. The summed E-state index contributed by atoms with van der Waals surface area (Å²) in [6.07, 6.45) is 5.24. The number of imide groups is 1. The molecule has 2 aromatic heterocycles. The van der Waals surface area contributed by atoms with Gasteiger partial charge in [0.15, 0.2) is 6.61 Å². The van der Waals surface area contributed by atoms with Crippen molar-refractivity contribution in [1.29, 1.82) is 0 Å². The van der Waals surface area contributed by atoms with Gasteiger partial charge in [-0.3, -0.25) is 24.3 Å². The number of urea groups is 1. The number of nitrogens with one attached hydrogen (secondary N) is 2. The molecule has 1 saturated carbocycles. The van der Waals surface area contributed by atoms with Crippen molar-refractivity contribution < 1.29 is 19.1 Å². The van der Waals surface area contributed by atoms with Crippen LogP contribution in [0, 0.1) is 0 Å². The zero-order valence-electron chi connectivity index (χ0n) is 14.6. The van der Waals surface area contributed by atoms with Gasteiger partial charge in [-0.05, 0) is 24.3 Å². The molecule has 0 unspecified atom stereocenters. The molecule has 0 spiro atoms. The second kappa shape index (κ2) is 8.76. The third-order valence-electron chi connectivity index (χ3n) is 4.31. The Labute approximate surface area is 158 Å². The number of thiophene rings is 1. The van der Waals surface area contributed by atoms with E-state index in [-0.39, 0.29) is 24.6 Å². The molecule has 0 radical (unpaired) electrons. The molecule has 2 heterocycles. The fourth-order valence-corrected chi connectivity index (χ4v) is 3.66. The van der Waals surface area contributed by atoms with Crippen LogP contribution >= 0.6 is 11.3 Å². The minimum absolute atomic E-state index is 0.0845. The molecule has 144 valence electrons. The van der Waals surface area contributed by atoms with Gasteiger partial charge in [0.1, 0.15) is 4.83 Å². The first-order chi connectivity index (χ1) is 13.0.